The first-order valence-corrected chi connectivity index (χ1v) is 8.34. The molecular weight excluding hydrogens is 216 g/mol. The van der Waals surface area contributed by atoms with E-state index in [0.717, 1.165) is 0 Å². The summed E-state index contributed by atoms with van der Waals surface area (Å²) in [6.07, 6.45) is 25.1. The summed E-state index contributed by atoms with van der Waals surface area (Å²) in [5, 5.41) is 0. The zero-order valence-corrected chi connectivity index (χ0v) is 12.9. The van der Waals surface area contributed by atoms with E-state index in [-0.39, 0.29) is 0 Å². The average Bonchev–Trinajstić information content (AvgIpc) is 2.39. The molecule has 0 aromatic heterocycles. The molecule has 0 N–H and O–H groups in total. The highest BCUT2D eigenvalue weighted by Gasteiger charge is 1.91. The molecule has 1 radical (unpaired) electrons. The van der Waals surface area contributed by atoms with Gasteiger partial charge in [0.05, 0.1) is 0 Å². The van der Waals surface area contributed by atoms with Gasteiger partial charge in [0.2, 0.25) is 0 Å². The summed E-state index contributed by atoms with van der Waals surface area (Å²) in [6, 6.07) is 0. The van der Waals surface area contributed by atoms with E-state index >= 15 is 0 Å². The fourth-order valence-corrected chi connectivity index (χ4v) is 2.23. The van der Waals surface area contributed by atoms with Crippen molar-refractivity contribution in [3.63, 3.8) is 0 Å². The van der Waals surface area contributed by atoms with Crippen molar-refractivity contribution < 1.29 is 0 Å². The van der Waals surface area contributed by atoms with Crippen molar-refractivity contribution in [2.45, 2.75) is 97.3 Å². The standard InChI is InChI=1S/C18H35/c1-3-5-7-9-11-13-15-17-18-16-14-12-10-8-6-4-2/h3,10,12H,4-9,11,13-18H2,1-2H3/b12-10+. The second kappa shape index (κ2) is 16.7. The fourth-order valence-electron chi connectivity index (χ4n) is 2.23. The smallest absolute Gasteiger partial charge is 0.0351 e. The van der Waals surface area contributed by atoms with Gasteiger partial charge >= 0.3 is 0 Å². The molecule has 0 saturated heterocycles. The molecule has 0 aliphatic carbocycles. The van der Waals surface area contributed by atoms with Crippen LogP contribution in [-0.2, 0) is 0 Å². The van der Waals surface area contributed by atoms with Gasteiger partial charge in [-0.25, -0.2) is 0 Å². The summed E-state index contributed by atoms with van der Waals surface area (Å²) >= 11 is 0. The van der Waals surface area contributed by atoms with Crippen molar-refractivity contribution in [3.8, 4) is 0 Å². The van der Waals surface area contributed by atoms with Gasteiger partial charge in [0.25, 0.3) is 0 Å². The van der Waals surface area contributed by atoms with Gasteiger partial charge in [0.15, 0.2) is 0 Å². The quantitative estimate of drug-likeness (QED) is 0.234. The van der Waals surface area contributed by atoms with Gasteiger partial charge in [-0.15, -0.1) is 0 Å². The minimum atomic E-state index is 1.28. The molecule has 0 saturated carbocycles. The van der Waals surface area contributed by atoms with Gasteiger partial charge < -0.3 is 0 Å². The van der Waals surface area contributed by atoms with Crippen LogP contribution >= 0.6 is 0 Å². The summed E-state index contributed by atoms with van der Waals surface area (Å²) in [4.78, 5) is 0. The Morgan fingerprint density at radius 2 is 1.00 bits per heavy atom. The number of allylic oxidation sites excluding steroid dienone is 2. The monoisotopic (exact) mass is 251 g/mol. The number of hydrogen-bond donors (Lipinski definition) is 0. The first-order valence-electron chi connectivity index (χ1n) is 8.34. The molecule has 0 aromatic carbocycles. The van der Waals surface area contributed by atoms with E-state index in [1.165, 1.54) is 83.5 Å². The molecule has 0 amide bonds. The molecule has 0 nitrogen and oxygen atoms in total. The number of hydrogen-bond acceptors (Lipinski definition) is 0. The third-order valence-corrected chi connectivity index (χ3v) is 3.50. The van der Waals surface area contributed by atoms with Crippen LogP contribution in [0.5, 0.6) is 0 Å². The highest BCUT2D eigenvalue weighted by atomic mass is 14.0. The van der Waals surface area contributed by atoms with Crippen LogP contribution in [0.2, 0.25) is 0 Å². The highest BCUT2D eigenvalue weighted by molar-refractivity contribution is 4.81. The van der Waals surface area contributed by atoms with E-state index in [0.29, 0.717) is 0 Å². The molecule has 0 rings (SSSR count). The molecule has 0 atom stereocenters. The lowest BCUT2D eigenvalue weighted by Crippen LogP contribution is -1.81. The Hall–Kier alpha value is -0.260. The lowest BCUT2D eigenvalue weighted by atomic mass is 10.1. The van der Waals surface area contributed by atoms with Crippen LogP contribution in [0.4, 0.5) is 0 Å². The SMILES string of the molecule is C[CH]CCCCCCCCCC/C=C/CCCC. The maximum absolute atomic E-state index is 2.39. The fraction of sp³-hybridized carbons (Fsp3) is 0.833. The van der Waals surface area contributed by atoms with Crippen LogP contribution in [0.15, 0.2) is 12.2 Å². The molecule has 0 unspecified atom stereocenters. The third kappa shape index (κ3) is 15.7. The Balaban J connectivity index is 2.96. The van der Waals surface area contributed by atoms with Crippen LogP contribution in [0.25, 0.3) is 0 Å². The molecule has 0 aliphatic heterocycles. The average molecular weight is 251 g/mol. The first-order chi connectivity index (χ1) is 8.91. The highest BCUT2D eigenvalue weighted by Crippen LogP contribution is 2.11. The predicted octanol–water partition coefficient (Wildman–Crippen LogP) is 6.86. The Labute approximate surface area is 116 Å². The molecule has 0 aromatic rings. The minimum absolute atomic E-state index is 1.28. The van der Waals surface area contributed by atoms with E-state index in [4.69, 9.17) is 0 Å². The van der Waals surface area contributed by atoms with Crippen molar-refractivity contribution in [1.29, 1.82) is 0 Å². The van der Waals surface area contributed by atoms with Gasteiger partial charge in [-0.3, -0.25) is 0 Å². The molecule has 0 heteroatoms. The van der Waals surface area contributed by atoms with Gasteiger partial charge in [-0.05, 0) is 25.7 Å². The van der Waals surface area contributed by atoms with E-state index in [1.54, 1.807) is 0 Å². The van der Waals surface area contributed by atoms with E-state index in [9.17, 15) is 0 Å². The van der Waals surface area contributed by atoms with E-state index in [1.807, 2.05) is 0 Å². The van der Waals surface area contributed by atoms with Crippen molar-refractivity contribution in [2.24, 2.45) is 0 Å². The number of unbranched alkanes of at least 4 members (excludes halogenated alkanes) is 12. The normalized spacial score (nSPS) is 11.4. The van der Waals surface area contributed by atoms with E-state index < -0.39 is 0 Å². The second-order valence-electron chi connectivity index (χ2n) is 5.43. The molecule has 0 fully saturated rings. The Morgan fingerprint density at radius 3 is 1.50 bits per heavy atom. The van der Waals surface area contributed by atoms with Crippen LogP contribution in [0.3, 0.4) is 0 Å². The molecule has 0 spiro atoms. The largest absolute Gasteiger partial charge is 0.0885 e. The molecule has 107 valence electrons. The maximum Gasteiger partial charge on any atom is -0.0351 e. The second-order valence-corrected chi connectivity index (χ2v) is 5.43. The van der Waals surface area contributed by atoms with Crippen molar-refractivity contribution >= 4 is 0 Å². The number of rotatable bonds is 14. The van der Waals surface area contributed by atoms with Gasteiger partial charge in [0.1, 0.15) is 0 Å². The van der Waals surface area contributed by atoms with Crippen LogP contribution < -0.4 is 0 Å². The van der Waals surface area contributed by atoms with Crippen LogP contribution in [-0.4, -0.2) is 0 Å². The summed E-state index contributed by atoms with van der Waals surface area (Å²) in [6.45, 7) is 4.42. The Bertz CT molecular complexity index is 157. The summed E-state index contributed by atoms with van der Waals surface area (Å²) in [5.41, 5.74) is 0. The third-order valence-electron chi connectivity index (χ3n) is 3.50. The van der Waals surface area contributed by atoms with Crippen LogP contribution in [0, 0.1) is 6.42 Å². The summed E-state index contributed by atoms with van der Waals surface area (Å²) in [5.74, 6) is 0. The van der Waals surface area contributed by atoms with Gasteiger partial charge in [0, 0.05) is 0 Å². The summed E-state index contributed by atoms with van der Waals surface area (Å²) < 4.78 is 0. The van der Waals surface area contributed by atoms with Gasteiger partial charge in [-0.1, -0.05) is 90.2 Å². The molecule has 0 bridgehead atoms. The summed E-state index contributed by atoms with van der Waals surface area (Å²) in [7, 11) is 0. The van der Waals surface area contributed by atoms with Gasteiger partial charge in [-0.2, -0.15) is 0 Å². The van der Waals surface area contributed by atoms with Crippen LogP contribution in [0.1, 0.15) is 97.3 Å². The maximum atomic E-state index is 2.39. The molecule has 0 heterocycles. The zero-order chi connectivity index (χ0) is 13.3. The lowest BCUT2D eigenvalue weighted by molar-refractivity contribution is 0.568. The van der Waals surface area contributed by atoms with E-state index in [2.05, 4.69) is 32.4 Å². The first kappa shape index (κ1) is 17.7. The molecular formula is C18H35. The van der Waals surface area contributed by atoms with Crippen molar-refractivity contribution in [2.75, 3.05) is 0 Å². The van der Waals surface area contributed by atoms with Crippen molar-refractivity contribution in [3.05, 3.63) is 18.6 Å². The Morgan fingerprint density at radius 1 is 0.556 bits per heavy atom. The lowest BCUT2D eigenvalue weighted by Gasteiger charge is -2.01. The minimum Gasteiger partial charge on any atom is -0.0885 e. The predicted molar refractivity (Wildman–Crippen MR) is 84.8 cm³/mol. The van der Waals surface area contributed by atoms with Crippen molar-refractivity contribution in [1.82, 2.24) is 0 Å². The molecule has 0 aliphatic rings. The Kier molecular flexibility index (Phi) is 16.5. The zero-order valence-electron chi connectivity index (χ0n) is 12.9. The topological polar surface area (TPSA) is 0 Å². The molecule has 18 heavy (non-hydrogen) atoms.